The van der Waals surface area contributed by atoms with Gasteiger partial charge in [-0.15, -0.1) is 0 Å². The zero-order valence-electron chi connectivity index (χ0n) is 13.1. The van der Waals surface area contributed by atoms with Crippen LogP contribution in [0.25, 0.3) is 11.2 Å². The number of hydrogen-bond donors (Lipinski definition) is 1. The molecule has 9 heteroatoms. The van der Waals surface area contributed by atoms with E-state index in [0.29, 0.717) is 11.0 Å². The highest BCUT2D eigenvalue weighted by molar-refractivity contribution is 5.71. The number of aromatic nitrogens is 4. The lowest BCUT2D eigenvalue weighted by molar-refractivity contribution is -0.870. The lowest BCUT2D eigenvalue weighted by Crippen LogP contribution is -2.42. The van der Waals surface area contributed by atoms with Gasteiger partial charge in [0.05, 0.1) is 27.5 Å². The van der Waals surface area contributed by atoms with E-state index in [0.717, 1.165) is 4.57 Å². The molecule has 0 amide bonds. The molecule has 2 heterocycles. The number of nitrogens with zero attached hydrogens (tertiary/aromatic N) is 4. The number of esters is 1. The lowest BCUT2D eigenvalue weighted by atomic mass is 10.5. The van der Waals surface area contributed by atoms with Crippen molar-refractivity contribution >= 4 is 17.1 Å². The molecule has 2 aromatic rings. The van der Waals surface area contributed by atoms with E-state index in [9.17, 15) is 14.4 Å². The van der Waals surface area contributed by atoms with E-state index in [1.807, 2.05) is 21.1 Å². The van der Waals surface area contributed by atoms with E-state index < -0.39 is 23.8 Å². The predicted molar refractivity (Wildman–Crippen MR) is 79.5 cm³/mol. The van der Waals surface area contributed by atoms with Crippen LogP contribution in [-0.2, 0) is 23.1 Å². The molecular formula is C13H20N5O4+. The maximum Gasteiger partial charge on any atom is 0.333 e. The second-order valence-corrected chi connectivity index (χ2v) is 6.07. The third kappa shape index (κ3) is 3.25. The van der Waals surface area contributed by atoms with Gasteiger partial charge in [-0.1, -0.05) is 0 Å². The number of imidazole rings is 1. The molecule has 0 spiro atoms. The van der Waals surface area contributed by atoms with Crippen molar-refractivity contribution < 1.29 is 14.0 Å². The Bertz CT molecular complexity index is 808. The maximum atomic E-state index is 12.2. The highest BCUT2D eigenvalue weighted by atomic mass is 16.5. The van der Waals surface area contributed by atoms with Crippen molar-refractivity contribution in [2.75, 3.05) is 34.3 Å². The van der Waals surface area contributed by atoms with Crippen LogP contribution in [0.15, 0.2) is 15.9 Å². The van der Waals surface area contributed by atoms with Crippen molar-refractivity contribution in [3.8, 4) is 0 Å². The number of aryl methyl sites for hydroxylation is 1. The summed E-state index contributed by atoms with van der Waals surface area (Å²) >= 11 is 0. The van der Waals surface area contributed by atoms with Crippen LogP contribution in [0.5, 0.6) is 0 Å². The molecule has 0 aliphatic heterocycles. The molecular weight excluding hydrogens is 290 g/mol. The number of ether oxygens (including phenoxy) is 1. The predicted octanol–water partition coefficient (Wildman–Crippen LogP) is -1.33. The van der Waals surface area contributed by atoms with Crippen molar-refractivity contribution in [3.63, 3.8) is 0 Å². The van der Waals surface area contributed by atoms with Gasteiger partial charge < -0.3 is 14.2 Å². The van der Waals surface area contributed by atoms with Crippen molar-refractivity contribution in [1.82, 2.24) is 19.1 Å². The van der Waals surface area contributed by atoms with Gasteiger partial charge in [-0.05, 0) is 0 Å². The van der Waals surface area contributed by atoms with Crippen molar-refractivity contribution in [2.24, 2.45) is 7.05 Å². The summed E-state index contributed by atoms with van der Waals surface area (Å²) < 4.78 is 7.78. The molecule has 0 aliphatic rings. The minimum Gasteiger partial charge on any atom is -0.458 e. The number of H-pyrrole nitrogens is 1. The minimum atomic E-state index is -0.619. The van der Waals surface area contributed by atoms with Crippen LogP contribution in [0.1, 0.15) is 0 Å². The number of aromatic amines is 1. The number of hydrogen-bond acceptors (Lipinski definition) is 5. The molecule has 0 unspecified atom stereocenters. The van der Waals surface area contributed by atoms with Crippen LogP contribution in [0.3, 0.4) is 0 Å². The monoisotopic (exact) mass is 310 g/mol. The first kappa shape index (κ1) is 16.0. The SMILES string of the molecule is Cn1c(=O)n(CC(=O)OCC[N+](C)(C)C)c(=O)c2[nH]cnc21. The fourth-order valence-electron chi connectivity index (χ4n) is 1.94. The first-order valence-corrected chi connectivity index (χ1v) is 6.79. The van der Waals surface area contributed by atoms with E-state index in [4.69, 9.17) is 4.74 Å². The van der Waals surface area contributed by atoms with Gasteiger partial charge in [0.15, 0.2) is 5.65 Å². The minimum absolute atomic E-state index is 0.182. The number of nitrogens with one attached hydrogen (secondary N) is 1. The van der Waals surface area contributed by atoms with E-state index in [1.54, 1.807) is 0 Å². The topological polar surface area (TPSA) is 99.0 Å². The van der Waals surface area contributed by atoms with Gasteiger partial charge in [-0.25, -0.2) is 14.3 Å². The zero-order chi connectivity index (χ0) is 16.5. The van der Waals surface area contributed by atoms with Gasteiger partial charge in [0, 0.05) is 7.05 Å². The highest BCUT2D eigenvalue weighted by Gasteiger charge is 2.16. The van der Waals surface area contributed by atoms with Crippen LogP contribution in [0.2, 0.25) is 0 Å². The third-order valence-electron chi connectivity index (χ3n) is 3.23. The van der Waals surface area contributed by atoms with E-state index in [2.05, 4.69) is 9.97 Å². The van der Waals surface area contributed by atoms with Gasteiger partial charge in [0.25, 0.3) is 5.56 Å². The third-order valence-corrected chi connectivity index (χ3v) is 3.23. The Morgan fingerprint density at radius 2 is 2.05 bits per heavy atom. The van der Waals surface area contributed by atoms with Crippen LogP contribution < -0.4 is 11.2 Å². The average molecular weight is 310 g/mol. The Labute approximate surface area is 126 Å². The summed E-state index contributed by atoms with van der Waals surface area (Å²) in [5.74, 6) is -0.619. The summed E-state index contributed by atoms with van der Waals surface area (Å²) in [6.07, 6.45) is 1.33. The van der Waals surface area contributed by atoms with Crippen LogP contribution >= 0.6 is 0 Å². The summed E-state index contributed by atoms with van der Waals surface area (Å²) in [4.78, 5) is 42.7. The smallest absolute Gasteiger partial charge is 0.333 e. The molecule has 0 saturated carbocycles. The van der Waals surface area contributed by atoms with Gasteiger partial charge >= 0.3 is 11.7 Å². The fraction of sp³-hybridized carbons (Fsp3) is 0.538. The second kappa shape index (κ2) is 5.76. The Balaban J connectivity index is 2.20. The molecule has 0 atom stereocenters. The molecule has 0 saturated heterocycles. The largest absolute Gasteiger partial charge is 0.458 e. The molecule has 0 bridgehead atoms. The molecule has 0 aliphatic carbocycles. The van der Waals surface area contributed by atoms with Gasteiger partial charge in [0.2, 0.25) is 0 Å². The fourth-order valence-corrected chi connectivity index (χ4v) is 1.94. The normalized spacial score (nSPS) is 11.8. The van der Waals surface area contributed by atoms with E-state index in [-0.39, 0.29) is 17.8 Å². The summed E-state index contributed by atoms with van der Waals surface area (Å²) in [7, 11) is 7.41. The van der Waals surface area contributed by atoms with Gasteiger partial charge in [-0.3, -0.25) is 14.2 Å². The highest BCUT2D eigenvalue weighted by Crippen LogP contribution is 1.99. The Hall–Kier alpha value is -2.42. The Kier molecular flexibility index (Phi) is 4.18. The molecule has 1 N–H and O–H groups in total. The van der Waals surface area contributed by atoms with Crippen molar-refractivity contribution in [2.45, 2.75) is 6.54 Å². The molecule has 22 heavy (non-hydrogen) atoms. The van der Waals surface area contributed by atoms with Gasteiger partial charge in [-0.2, -0.15) is 0 Å². The molecule has 120 valence electrons. The molecule has 0 aromatic carbocycles. The van der Waals surface area contributed by atoms with Crippen molar-refractivity contribution in [3.05, 3.63) is 27.2 Å². The van der Waals surface area contributed by atoms with Crippen LogP contribution in [0.4, 0.5) is 0 Å². The van der Waals surface area contributed by atoms with Crippen molar-refractivity contribution in [1.29, 1.82) is 0 Å². The van der Waals surface area contributed by atoms with E-state index in [1.165, 1.54) is 17.9 Å². The standard InChI is InChI=1S/C13H19N5O4/c1-16-11-10(14-8-15-11)12(20)17(13(16)21)7-9(19)22-6-5-18(2,3)4/h8H,5-7H2,1-4H3/p+1. The summed E-state index contributed by atoms with van der Waals surface area (Å²) in [6, 6.07) is 0. The second-order valence-electron chi connectivity index (χ2n) is 6.07. The summed E-state index contributed by atoms with van der Waals surface area (Å²) in [5.41, 5.74) is -0.752. The number of carbonyl (C=O) groups excluding carboxylic acids is 1. The first-order valence-electron chi connectivity index (χ1n) is 6.79. The quantitative estimate of drug-likeness (QED) is 0.545. The molecule has 0 radical (unpaired) electrons. The molecule has 2 rings (SSSR count). The summed E-state index contributed by atoms with van der Waals surface area (Å²) in [6.45, 7) is 0.444. The number of likely N-dealkylation sites (N-methyl/N-ethyl adjacent to an activating group) is 1. The molecule has 9 nitrogen and oxygen atoms in total. The maximum absolute atomic E-state index is 12.2. The van der Waals surface area contributed by atoms with Crippen LogP contribution in [-0.4, -0.2) is 63.8 Å². The summed E-state index contributed by atoms with van der Waals surface area (Å²) in [5, 5.41) is 0. The Morgan fingerprint density at radius 3 is 2.68 bits per heavy atom. The number of fused-ring (bicyclic) bond motifs is 1. The number of rotatable bonds is 5. The van der Waals surface area contributed by atoms with Crippen LogP contribution in [0, 0.1) is 0 Å². The number of carbonyl (C=O) groups is 1. The van der Waals surface area contributed by atoms with E-state index >= 15 is 0 Å². The Morgan fingerprint density at radius 1 is 1.36 bits per heavy atom. The first-order chi connectivity index (χ1) is 10.2. The lowest BCUT2D eigenvalue weighted by Gasteiger charge is -2.23. The average Bonchev–Trinajstić information content (AvgIpc) is 2.89. The number of quaternary nitrogens is 1. The zero-order valence-corrected chi connectivity index (χ0v) is 13.1. The molecule has 2 aromatic heterocycles. The van der Waals surface area contributed by atoms with Gasteiger partial charge in [0.1, 0.15) is 25.2 Å². The molecule has 0 fully saturated rings.